The van der Waals surface area contributed by atoms with Gasteiger partial charge < -0.3 is 5.32 Å². The highest BCUT2D eigenvalue weighted by Crippen LogP contribution is 2.23. The number of halogens is 1. The van der Waals surface area contributed by atoms with E-state index in [1.165, 1.54) is 73.6 Å². The minimum atomic E-state index is 0.782. The molecule has 1 saturated carbocycles. The molecule has 0 bridgehead atoms. The molecule has 0 spiro atoms. The average molecular weight is 351 g/mol. The topological polar surface area (TPSA) is 15.3 Å². The average Bonchev–Trinajstić information content (AvgIpc) is 3.26. The summed E-state index contributed by atoms with van der Waals surface area (Å²) in [7, 11) is 0. The molecule has 0 amide bonds. The summed E-state index contributed by atoms with van der Waals surface area (Å²) in [5, 5.41) is 3.58. The van der Waals surface area contributed by atoms with Crippen molar-refractivity contribution in [1.82, 2.24) is 10.2 Å². The molecule has 0 aromatic heterocycles. The molecule has 0 atom stereocenters. The fraction of sp³-hybridized carbons (Fsp3) is 0.667. The van der Waals surface area contributed by atoms with Gasteiger partial charge in [-0.2, -0.15) is 0 Å². The molecular weight excluding hydrogens is 324 g/mol. The van der Waals surface area contributed by atoms with E-state index in [0.29, 0.717) is 0 Å². The summed E-state index contributed by atoms with van der Waals surface area (Å²) in [6, 6.07) is 7.69. The van der Waals surface area contributed by atoms with Crippen LogP contribution in [0.2, 0.25) is 0 Å². The predicted octanol–water partition coefficient (Wildman–Crippen LogP) is 4.47. The molecule has 2 aliphatic rings. The highest BCUT2D eigenvalue weighted by Gasteiger charge is 2.20. The lowest BCUT2D eigenvalue weighted by Gasteiger charge is -2.25. The van der Waals surface area contributed by atoms with Crippen LogP contribution in [-0.4, -0.2) is 24.0 Å². The van der Waals surface area contributed by atoms with Crippen LogP contribution in [0.25, 0.3) is 0 Å². The van der Waals surface area contributed by atoms with Crippen molar-refractivity contribution in [3.63, 3.8) is 0 Å². The van der Waals surface area contributed by atoms with E-state index >= 15 is 0 Å². The highest BCUT2D eigenvalue weighted by atomic mass is 79.9. The van der Waals surface area contributed by atoms with Crippen LogP contribution in [0.1, 0.15) is 56.1 Å². The Bertz CT molecular complexity index is 449. The molecule has 1 heterocycles. The molecule has 1 N–H and O–H groups in total. The second kappa shape index (κ2) is 7.75. The molecule has 1 aromatic carbocycles. The molecular formula is C18H27BrN2. The van der Waals surface area contributed by atoms with Crippen LogP contribution in [-0.2, 0) is 13.1 Å². The molecule has 0 radical (unpaired) electrons. The van der Waals surface area contributed by atoms with Crippen LogP contribution in [0.4, 0.5) is 0 Å². The van der Waals surface area contributed by atoms with Gasteiger partial charge in [-0.25, -0.2) is 0 Å². The Labute approximate surface area is 137 Å². The van der Waals surface area contributed by atoms with Crippen molar-refractivity contribution in [3.05, 3.63) is 33.8 Å². The monoisotopic (exact) mass is 350 g/mol. The Morgan fingerprint density at radius 2 is 1.76 bits per heavy atom. The van der Waals surface area contributed by atoms with Gasteiger partial charge in [-0.05, 0) is 56.0 Å². The van der Waals surface area contributed by atoms with Gasteiger partial charge in [0.25, 0.3) is 0 Å². The summed E-state index contributed by atoms with van der Waals surface area (Å²) >= 11 is 3.78. The van der Waals surface area contributed by atoms with Crippen molar-refractivity contribution in [3.8, 4) is 0 Å². The first-order valence-corrected chi connectivity index (χ1v) is 9.33. The zero-order valence-electron chi connectivity index (χ0n) is 12.9. The molecule has 1 aliphatic heterocycles. The number of benzene rings is 1. The summed E-state index contributed by atoms with van der Waals surface area (Å²) in [4.78, 5) is 2.63. The van der Waals surface area contributed by atoms with Crippen molar-refractivity contribution in [2.75, 3.05) is 13.1 Å². The first kappa shape index (κ1) is 15.5. The van der Waals surface area contributed by atoms with E-state index in [0.717, 1.165) is 19.1 Å². The maximum atomic E-state index is 3.78. The van der Waals surface area contributed by atoms with Crippen molar-refractivity contribution in [1.29, 1.82) is 0 Å². The fourth-order valence-electron chi connectivity index (χ4n) is 3.09. The van der Waals surface area contributed by atoms with E-state index in [4.69, 9.17) is 0 Å². The minimum absolute atomic E-state index is 0.782. The quantitative estimate of drug-likeness (QED) is 0.842. The molecule has 1 saturated heterocycles. The molecule has 3 heteroatoms. The van der Waals surface area contributed by atoms with Crippen molar-refractivity contribution >= 4 is 15.9 Å². The van der Waals surface area contributed by atoms with E-state index in [2.05, 4.69) is 44.3 Å². The summed E-state index contributed by atoms with van der Waals surface area (Å²) in [5.41, 5.74) is 2.83. The van der Waals surface area contributed by atoms with E-state index in [1.54, 1.807) is 0 Å². The highest BCUT2D eigenvalue weighted by molar-refractivity contribution is 9.10. The van der Waals surface area contributed by atoms with Gasteiger partial charge in [0, 0.05) is 23.6 Å². The van der Waals surface area contributed by atoms with E-state index in [1.807, 2.05) is 0 Å². The van der Waals surface area contributed by atoms with Crippen LogP contribution >= 0.6 is 15.9 Å². The van der Waals surface area contributed by atoms with Gasteiger partial charge in [-0.15, -0.1) is 0 Å². The summed E-state index contributed by atoms with van der Waals surface area (Å²) in [6.45, 7) is 4.62. The lowest BCUT2D eigenvalue weighted by atomic mass is 10.1. The first-order chi connectivity index (χ1) is 10.3. The largest absolute Gasteiger partial charge is 0.310 e. The molecule has 1 aromatic rings. The maximum Gasteiger partial charge on any atom is 0.0244 e. The second-order valence-corrected chi connectivity index (χ2v) is 7.48. The zero-order valence-corrected chi connectivity index (χ0v) is 14.5. The number of hydrogen-bond donors (Lipinski definition) is 1. The van der Waals surface area contributed by atoms with Crippen LogP contribution in [0.5, 0.6) is 0 Å². The van der Waals surface area contributed by atoms with E-state index < -0.39 is 0 Å². The van der Waals surface area contributed by atoms with Crippen LogP contribution in [0, 0.1) is 0 Å². The molecule has 116 valence electrons. The van der Waals surface area contributed by atoms with Crippen molar-refractivity contribution in [2.45, 2.75) is 64.1 Å². The van der Waals surface area contributed by atoms with E-state index in [-0.39, 0.29) is 0 Å². The standard InChI is InChI=1S/C18H27BrN2/c19-18-12-15(13-20-17-8-9-17)6-7-16(18)14-21-10-4-2-1-3-5-11-21/h6-7,12,17,20H,1-5,8-11,13-14H2. The van der Waals surface area contributed by atoms with Crippen molar-refractivity contribution in [2.24, 2.45) is 0 Å². The first-order valence-electron chi connectivity index (χ1n) is 8.54. The van der Waals surface area contributed by atoms with Crippen LogP contribution in [0.15, 0.2) is 22.7 Å². The van der Waals surface area contributed by atoms with Gasteiger partial charge >= 0.3 is 0 Å². The van der Waals surface area contributed by atoms with Crippen molar-refractivity contribution < 1.29 is 0 Å². The molecule has 0 unspecified atom stereocenters. The Hall–Kier alpha value is -0.380. The fourth-order valence-corrected chi connectivity index (χ4v) is 3.64. The van der Waals surface area contributed by atoms with Gasteiger partial charge in [0.2, 0.25) is 0 Å². The number of hydrogen-bond acceptors (Lipinski definition) is 2. The maximum absolute atomic E-state index is 3.78. The lowest BCUT2D eigenvalue weighted by molar-refractivity contribution is 0.239. The third kappa shape index (κ3) is 5.08. The second-order valence-electron chi connectivity index (χ2n) is 6.62. The van der Waals surface area contributed by atoms with Crippen LogP contribution < -0.4 is 5.32 Å². The molecule has 21 heavy (non-hydrogen) atoms. The summed E-state index contributed by atoms with van der Waals surface area (Å²) in [5.74, 6) is 0. The summed E-state index contributed by atoms with van der Waals surface area (Å²) in [6.07, 6.45) is 9.68. The van der Waals surface area contributed by atoms with E-state index in [9.17, 15) is 0 Å². The van der Waals surface area contributed by atoms with Gasteiger partial charge in [-0.1, -0.05) is 47.3 Å². The summed E-state index contributed by atoms with van der Waals surface area (Å²) < 4.78 is 1.28. The Kier molecular flexibility index (Phi) is 5.73. The third-order valence-corrected chi connectivity index (χ3v) is 5.37. The number of likely N-dealkylation sites (tertiary alicyclic amines) is 1. The number of nitrogens with one attached hydrogen (secondary N) is 1. The minimum Gasteiger partial charge on any atom is -0.310 e. The van der Waals surface area contributed by atoms with Gasteiger partial charge in [0.05, 0.1) is 0 Å². The zero-order chi connectivity index (χ0) is 14.5. The van der Waals surface area contributed by atoms with Gasteiger partial charge in [0.1, 0.15) is 0 Å². The third-order valence-electron chi connectivity index (χ3n) is 4.63. The number of rotatable bonds is 5. The normalized spacial score (nSPS) is 21.0. The SMILES string of the molecule is Brc1cc(CNC2CC2)ccc1CN1CCCCCCC1. The molecule has 2 nitrogen and oxygen atoms in total. The van der Waals surface area contributed by atoms with Gasteiger partial charge in [0.15, 0.2) is 0 Å². The molecule has 2 fully saturated rings. The molecule has 1 aliphatic carbocycles. The van der Waals surface area contributed by atoms with Gasteiger partial charge in [-0.3, -0.25) is 4.90 Å². The molecule has 3 rings (SSSR count). The lowest BCUT2D eigenvalue weighted by Crippen LogP contribution is -2.27. The Balaban J connectivity index is 1.55. The Morgan fingerprint density at radius 3 is 2.43 bits per heavy atom. The van der Waals surface area contributed by atoms with Crippen LogP contribution in [0.3, 0.4) is 0 Å². The smallest absolute Gasteiger partial charge is 0.0244 e. The number of nitrogens with zero attached hydrogens (tertiary/aromatic N) is 1. The Morgan fingerprint density at radius 1 is 1.05 bits per heavy atom. The predicted molar refractivity (Wildman–Crippen MR) is 92.4 cm³/mol.